The summed E-state index contributed by atoms with van der Waals surface area (Å²) in [7, 11) is 0. The van der Waals surface area contributed by atoms with Crippen molar-refractivity contribution in [2.75, 3.05) is 13.2 Å². The van der Waals surface area contributed by atoms with E-state index >= 15 is 0 Å². The largest absolute Gasteiger partial charge is 0.489 e. The number of ether oxygens (including phenoxy) is 1. The molecular weight excluding hydrogens is 238 g/mol. The molecule has 19 heavy (non-hydrogen) atoms. The van der Waals surface area contributed by atoms with Gasteiger partial charge in [0.05, 0.1) is 18.1 Å². The number of benzene rings is 1. The van der Waals surface area contributed by atoms with Gasteiger partial charge in [-0.05, 0) is 38.4 Å². The Hall–Kier alpha value is -1.81. The summed E-state index contributed by atoms with van der Waals surface area (Å²) in [5, 5.41) is 7.75. The highest BCUT2D eigenvalue weighted by Crippen LogP contribution is 2.15. The Morgan fingerprint density at radius 3 is 2.95 bits per heavy atom. The van der Waals surface area contributed by atoms with Gasteiger partial charge < -0.3 is 10.1 Å². The minimum atomic E-state index is 0.489. The molecule has 3 rings (SSSR count). The maximum absolute atomic E-state index is 5.77. The number of hydrogen-bond donors (Lipinski definition) is 1. The first-order valence-electron chi connectivity index (χ1n) is 6.79. The Kier molecular flexibility index (Phi) is 3.51. The van der Waals surface area contributed by atoms with E-state index in [2.05, 4.69) is 41.6 Å². The van der Waals surface area contributed by atoms with Crippen molar-refractivity contribution < 1.29 is 4.74 Å². The summed E-state index contributed by atoms with van der Waals surface area (Å²) in [6.45, 7) is 3.91. The van der Waals surface area contributed by atoms with E-state index < -0.39 is 0 Å². The van der Waals surface area contributed by atoms with Crippen LogP contribution in [0.1, 0.15) is 18.4 Å². The number of hydrogen-bond acceptors (Lipinski definition) is 3. The summed E-state index contributed by atoms with van der Waals surface area (Å²) < 4.78 is 7.61. The molecule has 0 bridgehead atoms. The van der Waals surface area contributed by atoms with Crippen molar-refractivity contribution in [3.8, 4) is 11.4 Å². The van der Waals surface area contributed by atoms with Crippen molar-refractivity contribution in [2.24, 2.45) is 0 Å². The second-order valence-electron chi connectivity index (χ2n) is 5.06. The average Bonchev–Trinajstić information content (AvgIpc) is 3.09. The van der Waals surface area contributed by atoms with Crippen LogP contribution < -0.4 is 10.1 Å². The standard InChI is InChI=1S/C15H19N3O/c1-12-4-6-14(7-5-12)18-10-15(9-17-18)19-11-13-3-2-8-16-13/h4-7,9-10,13,16H,2-3,8,11H2,1H3. The van der Waals surface area contributed by atoms with E-state index in [1.54, 1.807) is 6.20 Å². The lowest BCUT2D eigenvalue weighted by Gasteiger charge is -2.10. The lowest BCUT2D eigenvalue weighted by molar-refractivity contribution is 0.277. The average molecular weight is 257 g/mol. The predicted molar refractivity (Wildman–Crippen MR) is 74.8 cm³/mol. The third kappa shape index (κ3) is 2.96. The molecule has 0 radical (unpaired) electrons. The van der Waals surface area contributed by atoms with Crippen molar-refractivity contribution in [2.45, 2.75) is 25.8 Å². The second-order valence-corrected chi connectivity index (χ2v) is 5.06. The van der Waals surface area contributed by atoms with Gasteiger partial charge in [0.25, 0.3) is 0 Å². The van der Waals surface area contributed by atoms with E-state index in [9.17, 15) is 0 Å². The first-order valence-corrected chi connectivity index (χ1v) is 6.79. The van der Waals surface area contributed by atoms with Crippen molar-refractivity contribution >= 4 is 0 Å². The molecule has 4 nitrogen and oxygen atoms in total. The van der Waals surface area contributed by atoms with Crippen LogP contribution >= 0.6 is 0 Å². The second kappa shape index (κ2) is 5.45. The topological polar surface area (TPSA) is 39.1 Å². The summed E-state index contributed by atoms with van der Waals surface area (Å²) in [6, 6.07) is 8.78. The molecule has 0 amide bonds. The van der Waals surface area contributed by atoms with Crippen molar-refractivity contribution in [3.63, 3.8) is 0 Å². The maximum Gasteiger partial charge on any atom is 0.157 e. The molecule has 2 aromatic rings. The summed E-state index contributed by atoms with van der Waals surface area (Å²) in [5.41, 5.74) is 2.30. The van der Waals surface area contributed by atoms with E-state index in [1.165, 1.54) is 18.4 Å². The van der Waals surface area contributed by atoms with Gasteiger partial charge in [-0.2, -0.15) is 5.10 Å². The molecule has 2 heterocycles. The first-order chi connectivity index (χ1) is 9.31. The number of rotatable bonds is 4. The minimum absolute atomic E-state index is 0.489. The van der Waals surface area contributed by atoms with E-state index in [1.807, 2.05) is 10.9 Å². The summed E-state index contributed by atoms with van der Waals surface area (Å²) in [6.07, 6.45) is 6.15. The summed E-state index contributed by atoms with van der Waals surface area (Å²) >= 11 is 0. The van der Waals surface area contributed by atoms with Crippen LogP contribution in [0.15, 0.2) is 36.7 Å². The Balaban J connectivity index is 1.63. The molecule has 1 saturated heterocycles. The van der Waals surface area contributed by atoms with Crippen molar-refractivity contribution in [3.05, 3.63) is 42.2 Å². The maximum atomic E-state index is 5.77. The molecule has 1 aliphatic rings. The quantitative estimate of drug-likeness (QED) is 0.913. The van der Waals surface area contributed by atoms with Crippen LogP contribution in [0.3, 0.4) is 0 Å². The highest BCUT2D eigenvalue weighted by Gasteiger charge is 2.14. The molecule has 0 aliphatic carbocycles. The van der Waals surface area contributed by atoms with Crippen LogP contribution in [-0.4, -0.2) is 29.0 Å². The lowest BCUT2D eigenvalue weighted by Crippen LogP contribution is -2.28. The van der Waals surface area contributed by atoms with E-state index in [0.29, 0.717) is 6.04 Å². The van der Waals surface area contributed by atoms with Gasteiger partial charge in [0.2, 0.25) is 0 Å². The van der Waals surface area contributed by atoms with Crippen molar-refractivity contribution in [1.82, 2.24) is 15.1 Å². The first kappa shape index (κ1) is 12.2. The zero-order valence-electron chi connectivity index (χ0n) is 11.2. The Morgan fingerprint density at radius 1 is 1.37 bits per heavy atom. The highest BCUT2D eigenvalue weighted by molar-refractivity contribution is 5.34. The van der Waals surface area contributed by atoms with Gasteiger partial charge in [0.15, 0.2) is 5.75 Å². The van der Waals surface area contributed by atoms with Crippen LogP contribution in [0, 0.1) is 6.92 Å². The fourth-order valence-electron chi connectivity index (χ4n) is 2.32. The smallest absolute Gasteiger partial charge is 0.157 e. The molecule has 100 valence electrons. The third-order valence-corrected chi connectivity index (χ3v) is 3.47. The summed E-state index contributed by atoms with van der Waals surface area (Å²) in [5.74, 6) is 0.828. The van der Waals surface area contributed by atoms with Gasteiger partial charge in [0, 0.05) is 6.04 Å². The molecular formula is C15H19N3O. The van der Waals surface area contributed by atoms with Crippen molar-refractivity contribution in [1.29, 1.82) is 0 Å². The molecule has 4 heteroatoms. The molecule has 1 fully saturated rings. The Morgan fingerprint density at radius 2 is 2.21 bits per heavy atom. The van der Waals surface area contributed by atoms with Crippen LogP contribution in [0.2, 0.25) is 0 Å². The summed E-state index contributed by atoms with van der Waals surface area (Å²) in [4.78, 5) is 0. The van der Waals surface area contributed by atoms with E-state index in [-0.39, 0.29) is 0 Å². The Bertz CT molecular complexity index is 527. The van der Waals surface area contributed by atoms with Gasteiger partial charge in [-0.25, -0.2) is 4.68 Å². The van der Waals surface area contributed by atoms with Gasteiger partial charge in [-0.1, -0.05) is 17.7 Å². The number of aryl methyl sites for hydroxylation is 1. The fourth-order valence-corrected chi connectivity index (χ4v) is 2.32. The fraction of sp³-hybridized carbons (Fsp3) is 0.400. The number of nitrogens with one attached hydrogen (secondary N) is 1. The monoisotopic (exact) mass is 257 g/mol. The molecule has 1 aliphatic heterocycles. The van der Waals surface area contributed by atoms with Gasteiger partial charge in [0.1, 0.15) is 6.61 Å². The molecule has 1 unspecified atom stereocenters. The van der Waals surface area contributed by atoms with Crippen LogP contribution in [-0.2, 0) is 0 Å². The SMILES string of the molecule is Cc1ccc(-n2cc(OCC3CCCN3)cn2)cc1. The lowest BCUT2D eigenvalue weighted by atomic mass is 10.2. The normalized spacial score (nSPS) is 18.7. The van der Waals surface area contributed by atoms with Gasteiger partial charge >= 0.3 is 0 Å². The number of nitrogens with zero attached hydrogens (tertiary/aromatic N) is 2. The third-order valence-electron chi connectivity index (χ3n) is 3.47. The molecule has 1 atom stereocenters. The van der Waals surface area contributed by atoms with Crippen LogP contribution in [0.25, 0.3) is 5.69 Å². The van der Waals surface area contributed by atoms with Gasteiger partial charge in [-0.3, -0.25) is 0 Å². The van der Waals surface area contributed by atoms with E-state index in [4.69, 9.17) is 4.74 Å². The van der Waals surface area contributed by atoms with Gasteiger partial charge in [-0.15, -0.1) is 0 Å². The molecule has 1 N–H and O–H groups in total. The van der Waals surface area contributed by atoms with Crippen LogP contribution in [0.5, 0.6) is 5.75 Å². The molecule has 1 aromatic carbocycles. The Labute approximate surface area is 113 Å². The van der Waals surface area contributed by atoms with E-state index in [0.717, 1.165) is 24.6 Å². The molecule has 0 spiro atoms. The predicted octanol–water partition coefficient (Wildman–Crippen LogP) is 2.31. The zero-order chi connectivity index (χ0) is 13.1. The minimum Gasteiger partial charge on any atom is -0.489 e. The molecule has 0 saturated carbocycles. The van der Waals surface area contributed by atoms with Crippen LogP contribution in [0.4, 0.5) is 0 Å². The molecule has 1 aromatic heterocycles. The zero-order valence-corrected chi connectivity index (χ0v) is 11.2. The number of aromatic nitrogens is 2. The highest BCUT2D eigenvalue weighted by atomic mass is 16.5.